The van der Waals surface area contributed by atoms with Gasteiger partial charge in [-0.25, -0.2) is 0 Å². The predicted molar refractivity (Wildman–Crippen MR) is 50.2 cm³/mol. The molecule has 0 spiro atoms. The molecule has 0 bridgehead atoms. The van der Waals surface area contributed by atoms with E-state index >= 15 is 0 Å². The summed E-state index contributed by atoms with van der Waals surface area (Å²) in [5, 5.41) is 28.1. The van der Waals surface area contributed by atoms with Crippen molar-refractivity contribution in [3.8, 4) is 17.2 Å². The van der Waals surface area contributed by atoms with Crippen molar-refractivity contribution < 1.29 is 24.9 Å². The lowest BCUT2D eigenvalue weighted by Gasteiger charge is -2.27. The number of ether oxygens (including phenoxy) is 1. The van der Waals surface area contributed by atoms with Gasteiger partial charge in [0.1, 0.15) is 28.9 Å². The van der Waals surface area contributed by atoms with E-state index in [9.17, 15) is 20.1 Å². The molecular formula is C10H10O5. The molecule has 1 aromatic carbocycles. The van der Waals surface area contributed by atoms with Gasteiger partial charge in [0.15, 0.2) is 6.10 Å². The number of aliphatic hydroxyl groups excluding tert-OH is 1. The molecule has 0 aromatic heterocycles. The minimum atomic E-state index is -1.28. The SMILES string of the molecule is C[C@H]1Oc2cc(O)cc(O)c2C(=O)[C@@H]1O. The number of hydrogen-bond donors (Lipinski definition) is 3. The van der Waals surface area contributed by atoms with E-state index < -0.39 is 18.0 Å². The normalized spacial score (nSPS) is 24.5. The third-order valence-corrected chi connectivity index (χ3v) is 2.34. The van der Waals surface area contributed by atoms with E-state index in [2.05, 4.69) is 0 Å². The van der Waals surface area contributed by atoms with Gasteiger partial charge >= 0.3 is 0 Å². The van der Waals surface area contributed by atoms with E-state index in [1.165, 1.54) is 13.0 Å². The van der Waals surface area contributed by atoms with E-state index in [1.807, 2.05) is 0 Å². The molecule has 0 amide bonds. The Morgan fingerprint density at radius 2 is 2.00 bits per heavy atom. The fourth-order valence-electron chi connectivity index (χ4n) is 1.55. The third kappa shape index (κ3) is 1.41. The fourth-order valence-corrected chi connectivity index (χ4v) is 1.55. The topological polar surface area (TPSA) is 87.0 Å². The highest BCUT2D eigenvalue weighted by Gasteiger charge is 2.35. The van der Waals surface area contributed by atoms with Gasteiger partial charge in [-0.15, -0.1) is 0 Å². The molecule has 15 heavy (non-hydrogen) atoms. The van der Waals surface area contributed by atoms with Crippen molar-refractivity contribution in [3.63, 3.8) is 0 Å². The van der Waals surface area contributed by atoms with Crippen molar-refractivity contribution in [2.45, 2.75) is 19.1 Å². The van der Waals surface area contributed by atoms with E-state index in [-0.39, 0.29) is 22.8 Å². The van der Waals surface area contributed by atoms with Crippen molar-refractivity contribution in [1.82, 2.24) is 0 Å². The predicted octanol–water partition coefficient (Wildman–Crippen LogP) is 0.422. The maximum absolute atomic E-state index is 11.6. The average Bonchev–Trinajstić information content (AvgIpc) is 2.13. The number of fused-ring (bicyclic) bond motifs is 1. The third-order valence-electron chi connectivity index (χ3n) is 2.34. The van der Waals surface area contributed by atoms with Crippen LogP contribution in [0.2, 0.25) is 0 Å². The quantitative estimate of drug-likeness (QED) is 0.577. The highest BCUT2D eigenvalue weighted by Crippen LogP contribution is 2.37. The van der Waals surface area contributed by atoms with Crippen LogP contribution in [0, 0.1) is 0 Å². The van der Waals surface area contributed by atoms with Crippen LogP contribution in [-0.4, -0.2) is 33.3 Å². The van der Waals surface area contributed by atoms with Gasteiger partial charge in [-0.05, 0) is 6.92 Å². The average molecular weight is 210 g/mol. The maximum atomic E-state index is 11.6. The molecule has 80 valence electrons. The standard InChI is InChI=1S/C10H10O5/c1-4-9(13)10(14)8-6(12)2-5(11)3-7(8)15-4/h2-4,9,11-13H,1H3/t4-,9-/m1/s1. The van der Waals surface area contributed by atoms with Gasteiger partial charge in [-0.1, -0.05) is 0 Å². The van der Waals surface area contributed by atoms with E-state index in [4.69, 9.17) is 4.74 Å². The maximum Gasteiger partial charge on any atom is 0.202 e. The number of carbonyl (C=O) groups excluding carboxylic acids is 1. The summed E-state index contributed by atoms with van der Waals surface area (Å²) in [7, 11) is 0. The minimum absolute atomic E-state index is 0.0848. The first-order valence-corrected chi connectivity index (χ1v) is 4.45. The zero-order valence-corrected chi connectivity index (χ0v) is 7.97. The van der Waals surface area contributed by atoms with Gasteiger partial charge in [0.25, 0.3) is 0 Å². The van der Waals surface area contributed by atoms with Crippen molar-refractivity contribution >= 4 is 5.78 Å². The van der Waals surface area contributed by atoms with Crippen molar-refractivity contribution in [1.29, 1.82) is 0 Å². The Labute approximate surface area is 85.5 Å². The molecule has 1 aromatic rings. The van der Waals surface area contributed by atoms with Crippen LogP contribution in [-0.2, 0) is 0 Å². The fraction of sp³-hybridized carbons (Fsp3) is 0.300. The second-order valence-corrected chi connectivity index (χ2v) is 3.47. The lowest BCUT2D eigenvalue weighted by atomic mass is 9.97. The number of aliphatic hydroxyl groups is 1. The lowest BCUT2D eigenvalue weighted by Crippen LogP contribution is -2.40. The first-order chi connectivity index (χ1) is 7.00. The Hall–Kier alpha value is -1.75. The van der Waals surface area contributed by atoms with Crippen LogP contribution in [0.1, 0.15) is 17.3 Å². The summed E-state index contributed by atoms with van der Waals surface area (Å²) in [5.41, 5.74) is -0.0848. The van der Waals surface area contributed by atoms with Gasteiger partial charge in [0.2, 0.25) is 5.78 Å². The number of ketones is 1. The Morgan fingerprint density at radius 1 is 1.33 bits per heavy atom. The van der Waals surface area contributed by atoms with Gasteiger partial charge in [0, 0.05) is 12.1 Å². The smallest absolute Gasteiger partial charge is 0.202 e. The molecule has 1 heterocycles. The van der Waals surface area contributed by atoms with Gasteiger partial charge in [-0.2, -0.15) is 0 Å². The zero-order valence-electron chi connectivity index (χ0n) is 7.97. The van der Waals surface area contributed by atoms with E-state index in [1.54, 1.807) is 0 Å². The van der Waals surface area contributed by atoms with Gasteiger partial charge in [0.05, 0.1) is 0 Å². The minimum Gasteiger partial charge on any atom is -0.508 e. The highest BCUT2D eigenvalue weighted by atomic mass is 16.5. The van der Waals surface area contributed by atoms with Crippen LogP contribution < -0.4 is 4.74 Å². The monoisotopic (exact) mass is 210 g/mol. The summed E-state index contributed by atoms with van der Waals surface area (Å²) in [5.74, 6) is -1.08. The number of phenols is 2. The van der Waals surface area contributed by atoms with Crippen molar-refractivity contribution in [2.75, 3.05) is 0 Å². The molecule has 1 aliphatic heterocycles. The van der Waals surface area contributed by atoms with Gasteiger partial charge < -0.3 is 20.1 Å². The van der Waals surface area contributed by atoms with Crippen LogP contribution >= 0.6 is 0 Å². The summed E-state index contributed by atoms with van der Waals surface area (Å²) < 4.78 is 5.19. The summed E-state index contributed by atoms with van der Waals surface area (Å²) in [6, 6.07) is 2.26. The summed E-state index contributed by atoms with van der Waals surface area (Å²) in [4.78, 5) is 11.6. The number of benzene rings is 1. The number of aromatic hydroxyl groups is 2. The lowest BCUT2D eigenvalue weighted by molar-refractivity contribution is 0.0285. The first-order valence-electron chi connectivity index (χ1n) is 4.45. The molecule has 0 radical (unpaired) electrons. The second kappa shape index (κ2) is 3.13. The molecular weight excluding hydrogens is 200 g/mol. The molecule has 2 atom stereocenters. The van der Waals surface area contributed by atoms with Crippen LogP contribution in [0.4, 0.5) is 0 Å². The number of carbonyl (C=O) groups is 1. The number of hydrogen-bond acceptors (Lipinski definition) is 5. The molecule has 5 nitrogen and oxygen atoms in total. The summed E-state index contributed by atoms with van der Waals surface area (Å²) in [6.07, 6.45) is -1.97. The molecule has 0 saturated heterocycles. The Bertz CT molecular complexity index is 426. The number of Topliss-reactive ketones (excluding diaryl/α,β-unsaturated/α-hetero) is 1. The highest BCUT2D eigenvalue weighted by molar-refractivity contribution is 6.05. The molecule has 0 unspecified atom stereocenters. The Balaban J connectivity index is 2.60. The van der Waals surface area contributed by atoms with Crippen LogP contribution in [0.3, 0.4) is 0 Å². The molecule has 0 aliphatic carbocycles. The first kappa shape index (κ1) is 9.79. The van der Waals surface area contributed by atoms with E-state index in [0.29, 0.717) is 0 Å². The summed E-state index contributed by atoms with van der Waals surface area (Å²) >= 11 is 0. The van der Waals surface area contributed by atoms with Crippen LogP contribution in [0.25, 0.3) is 0 Å². The van der Waals surface area contributed by atoms with Crippen LogP contribution in [0.15, 0.2) is 12.1 Å². The molecule has 1 aliphatic rings. The molecule has 0 fully saturated rings. The number of rotatable bonds is 0. The summed E-state index contributed by atoms with van der Waals surface area (Å²) in [6.45, 7) is 1.53. The Kier molecular flexibility index (Phi) is 2.04. The molecule has 0 saturated carbocycles. The molecule has 5 heteroatoms. The Morgan fingerprint density at radius 3 is 2.67 bits per heavy atom. The van der Waals surface area contributed by atoms with Crippen molar-refractivity contribution in [2.24, 2.45) is 0 Å². The van der Waals surface area contributed by atoms with Crippen molar-refractivity contribution in [3.05, 3.63) is 17.7 Å². The molecule has 2 rings (SSSR count). The second-order valence-electron chi connectivity index (χ2n) is 3.47. The van der Waals surface area contributed by atoms with Gasteiger partial charge in [-0.3, -0.25) is 4.79 Å². The largest absolute Gasteiger partial charge is 0.508 e. The van der Waals surface area contributed by atoms with E-state index in [0.717, 1.165) is 6.07 Å². The zero-order chi connectivity index (χ0) is 11.2. The molecule has 3 N–H and O–H groups in total. The number of phenolic OH excluding ortho intramolecular Hbond substituents is 2. The van der Waals surface area contributed by atoms with Crippen LogP contribution in [0.5, 0.6) is 17.2 Å².